The molecule has 4 N–H and O–H groups in total. The highest BCUT2D eigenvalue weighted by Gasteiger charge is 2.48. The van der Waals surface area contributed by atoms with Crippen LogP contribution in [0.2, 0.25) is 0 Å². The summed E-state index contributed by atoms with van der Waals surface area (Å²) in [5, 5.41) is 10.7. The summed E-state index contributed by atoms with van der Waals surface area (Å²) in [6, 6.07) is 7.37. The summed E-state index contributed by atoms with van der Waals surface area (Å²) in [4.78, 5) is 28.5. The predicted molar refractivity (Wildman–Crippen MR) is 142 cm³/mol. The van der Waals surface area contributed by atoms with Crippen LogP contribution in [-0.4, -0.2) is 41.0 Å². The number of hydrazone groups is 1. The summed E-state index contributed by atoms with van der Waals surface area (Å²) in [7, 11) is 1.61. The molecule has 190 valence electrons. The molecule has 37 heavy (non-hydrogen) atoms. The van der Waals surface area contributed by atoms with Crippen LogP contribution in [0.15, 0.2) is 41.8 Å². The van der Waals surface area contributed by atoms with Gasteiger partial charge in [-0.15, -0.1) is 0 Å². The van der Waals surface area contributed by atoms with Crippen LogP contribution in [0.25, 0.3) is 5.57 Å². The second kappa shape index (κ2) is 9.14. The van der Waals surface area contributed by atoms with Crippen molar-refractivity contribution >= 4 is 47.0 Å². The Morgan fingerprint density at radius 2 is 2.03 bits per heavy atom. The fourth-order valence-corrected chi connectivity index (χ4v) is 5.41. The molecule has 9 heteroatoms. The standard InChI is InChI=1S/C28H30N6O3/c1-37-25-20(19-13-31-34(16-19)15-17-7-8-28(12-17)9-10-28)3-2-4-22(25)32-23-11-24(30-14-21(23)26(29)35)33-27(36)18-5-6-18/h2-4,11,13-18H,5-10,12H2,1H3,(H3-,29,30,32,33,35,36)/p+1/b34-15-. The van der Waals surface area contributed by atoms with Crippen LogP contribution in [0.3, 0.4) is 0 Å². The van der Waals surface area contributed by atoms with E-state index in [1.165, 1.54) is 38.3 Å². The lowest BCUT2D eigenvalue weighted by Crippen LogP contribution is -2.17. The molecule has 3 aliphatic carbocycles. The average molecular weight is 500 g/mol. The number of nitrogens with two attached hydrogens (primary N) is 1. The lowest BCUT2D eigenvalue weighted by atomic mass is 10.0. The Hall–Kier alpha value is -4.01. The molecule has 2 aromatic rings. The molecule has 4 aliphatic rings. The van der Waals surface area contributed by atoms with E-state index < -0.39 is 5.91 Å². The highest BCUT2D eigenvalue weighted by Crippen LogP contribution is 2.59. The van der Waals surface area contributed by atoms with Gasteiger partial charge in [-0.2, -0.15) is 0 Å². The Morgan fingerprint density at radius 3 is 2.73 bits per heavy atom. The third-order valence-corrected chi connectivity index (χ3v) is 7.83. The minimum atomic E-state index is -0.623. The van der Waals surface area contributed by atoms with Crippen LogP contribution in [0.5, 0.6) is 5.75 Å². The maximum Gasteiger partial charge on any atom is 0.252 e. The number of carbonyl (C=O) groups is 2. The van der Waals surface area contributed by atoms with E-state index in [-0.39, 0.29) is 17.4 Å². The molecule has 0 bridgehead atoms. The molecule has 3 fully saturated rings. The maximum absolute atomic E-state index is 12.2. The van der Waals surface area contributed by atoms with E-state index >= 15 is 0 Å². The van der Waals surface area contributed by atoms with Gasteiger partial charge in [-0.25, -0.2) is 4.98 Å². The normalized spacial score (nSPS) is 22.2. The number of ether oxygens (including phenoxy) is 1. The average Bonchev–Trinajstić information content (AvgIpc) is 3.78. The summed E-state index contributed by atoms with van der Waals surface area (Å²) in [6.07, 6.45) is 15.8. The summed E-state index contributed by atoms with van der Waals surface area (Å²) in [5.41, 5.74) is 9.32. The SMILES string of the molecule is COc1c(Nc2cc(NC(=O)C3CC3)ncc2C(N)=O)cccc1C1=C/[N+](=C/C2CCC3(CC3)C2)N=C1. The number of hydrogen-bond donors (Lipinski definition) is 3. The Bertz CT molecular complexity index is 1370. The van der Waals surface area contributed by atoms with Gasteiger partial charge in [0.05, 0.1) is 29.6 Å². The van der Waals surface area contributed by atoms with E-state index in [0.29, 0.717) is 34.3 Å². The van der Waals surface area contributed by atoms with Gasteiger partial charge in [-0.1, -0.05) is 16.8 Å². The second-order valence-corrected chi connectivity index (χ2v) is 10.6. The quantitative estimate of drug-likeness (QED) is 0.468. The summed E-state index contributed by atoms with van der Waals surface area (Å²) >= 11 is 0. The molecule has 1 aromatic carbocycles. The van der Waals surface area contributed by atoms with Gasteiger partial charge in [-0.3, -0.25) is 9.59 Å². The fourth-order valence-electron chi connectivity index (χ4n) is 5.41. The van der Waals surface area contributed by atoms with E-state index in [2.05, 4.69) is 26.9 Å². The number of para-hydroxylation sites is 1. The molecule has 3 saturated carbocycles. The first-order chi connectivity index (χ1) is 17.9. The van der Waals surface area contributed by atoms with Crippen molar-refractivity contribution in [1.29, 1.82) is 0 Å². The van der Waals surface area contributed by atoms with Gasteiger partial charge in [0.2, 0.25) is 12.1 Å². The van der Waals surface area contributed by atoms with Gasteiger partial charge in [0.15, 0.2) is 6.21 Å². The van der Waals surface area contributed by atoms with Crippen LogP contribution in [-0.2, 0) is 4.79 Å². The Labute approximate surface area is 215 Å². The zero-order valence-corrected chi connectivity index (χ0v) is 20.9. The van der Waals surface area contributed by atoms with Crippen molar-refractivity contribution in [3.63, 3.8) is 0 Å². The lowest BCUT2D eigenvalue weighted by Gasteiger charge is -2.16. The van der Waals surface area contributed by atoms with Crippen LogP contribution >= 0.6 is 0 Å². The second-order valence-electron chi connectivity index (χ2n) is 10.6. The van der Waals surface area contributed by atoms with Gasteiger partial charge >= 0.3 is 0 Å². The van der Waals surface area contributed by atoms with Gasteiger partial charge in [0.1, 0.15) is 17.8 Å². The molecule has 2 amide bonds. The highest BCUT2D eigenvalue weighted by atomic mass is 16.5. The van der Waals surface area contributed by atoms with Gasteiger partial charge in [0, 0.05) is 29.7 Å². The Kier molecular flexibility index (Phi) is 5.78. The third kappa shape index (κ3) is 4.85. The van der Waals surface area contributed by atoms with E-state index in [1.54, 1.807) is 13.2 Å². The largest absolute Gasteiger partial charge is 0.494 e. The van der Waals surface area contributed by atoms with Crippen molar-refractivity contribution in [1.82, 2.24) is 4.98 Å². The molecule has 1 aromatic heterocycles. The summed E-state index contributed by atoms with van der Waals surface area (Å²) in [6.45, 7) is 0. The number of benzene rings is 1. The zero-order chi connectivity index (χ0) is 25.6. The first-order valence-electron chi connectivity index (χ1n) is 12.9. The van der Waals surface area contributed by atoms with Crippen molar-refractivity contribution < 1.29 is 19.0 Å². The molecular weight excluding hydrogens is 468 g/mol. The molecule has 2 heterocycles. The van der Waals surface area contributed by atoms with Crippen LogP contribution in [0.4, 0.5) is 17.2 Å². The number of pyridine rings is 1. The van der Waals surface area contributed by atoms with Crippen LogP contribution in [0, 0.1) is 17.3 Å². The van der Waals surface area contributed by atoms with Gasteiger partial charge < -0.3 is 21.1 Å². The number of nitrogens with zero attached hydrogens (tertiary/aromatic N) is 3. The lowest BCUT2D eigenvalue weighted by molar-refractivity contribution is -0.454. The molecule has 1 atom stereocenters. The third-order valence-electron chi connectivity index (χ3n) is 7.83. The molecule has 1 aliphatic heterocycles. The number of nitrogens with one attached hydrogen (secondary N) is 2. The molecule has 1 spiro atoms. The number of methoxy groups -OCH3 is 1. The number of rotatable bonds is 8. The number of aromatic nitrogens is 1. The minimum Gasteiger partial charge on any atom is -0.494 e. The first kappa shape index (κ1) is 23.4. The van der Waals surface area contributed by atoms with Crippen molar-refractivity contribution in [2.75, 3.05) is 17.7 Å². The summed E-state index contributed by atoms with van der Waals surface area (Å²) in [5.74, 6) is 0.878. The number of carbonyl (C=O) groups excluding carboxylic acids is 2. The summed E-state index contributed by atoms with van der Waals surface area (Å²) < 4.78 is 7.73. The van der Waals surface area contributed by atoms with E-state index in [1.807, 2.05) is 35.3 Å². The highest BCUT2D eigenvalue weighted by molar-refractivity contribution is 6.12. The number of primary amides is 1. The topological polar surface area (TPSA) is 122 Å². The molecule has 0 saturated heterocycles. The maximum atomic E-state index is 12.2. The monoisotopic (exact) mass is 499 g/mol. The van der Waals surface area contributed by atoms with Gasteiger partial charge in [-0.05, 0) is 61.5 Å². The van der Waals surface area contributed by atoms with Crippen molar-refractivity contribution in [2.24, 2.45) is 28.1 Å². The van der Waals surface area contributed by atoms with Gasteiger partial charge in [0.25, 0.3) is 5.91 Å². The van der Waals surface area contributed by atoms with Crippen LogP contribution in [0.1, 0.15) is 60.9 Å². The number of amides is 2. The van der Waals surface area contributed by atoms with Crippen molar-refractivity contribution in [2.45, 2.75) is 44.9 Å². The molecular formula is C28H31N6O3+. The van der Waals surface area contributed by atoms with E-state index in [0.717, 1.165) is 24.0 Å². The molecule has 6 rings (SSSR count). The Morgan fingerprint density at radius 1 is 1.19 bits per heavy atom. The zero-order valence-electron chi connectivity index (χ0n) is 20.9. The van der Waals surface area contributed by atoms with Crippen molar-refractivity contribution in [3.05, 3.63) is 47.8 Å². The van der Waals surface area contributed by atoms with Crippen LogP contribution < -0.4 is 21.1 Å². The molecule has 1 unspecified atom stereocenters. The minimum absolute atomic E-state index is 0.0347. The number of hydrogen-bond acceptors (Lipinski definition) is 6. The Balaban J connectivity index is 1.27. The molecule has 0 radical (unpaired) electrons. The first-order valence-corrected chi connectivity index (χ1v) is 12.9. The smallest absolute Gasteiger partial charge is 0.252 e. The number of allylic oxidation sites excluding steroid dienone is 1. The predicted octanol–water partition coefficient (Wildman–Crippen LogP) is 4.29. The molecule has 9 nitrogen and oxygen atoms in total. The number of anilines is 3. The fraction of sp³-hybridized carbons (Fsp3) is 0.393. The van der Waals surface area contributed by atoms with Crippen molar-refractivity contribution in [3.8, 4) is 5.75 Å². The van der Waals surface area contributed by atoms with E-state index in [9.17, 15) is 9.59 Å². The van der Waals surface area contributed by atoms with E-state index in [4.69, 9.17) is 10.5 Å².